The quantitative estimate of drug-likeness (QED) is 0.746. The number of carboxylic acids is 1. The summed E-state index contributed by atoms with van der Waals surface area (Å²) in [6.07, 6.45) is 0. The highest BCUT2D eigenvalue weighted by Gasteiger charge is 2.22. The molecule has 0 aliphatic carbocycles. The molecule has 7 nitrogen and oxygen atoms in total. The van der Waals surface area contributed by atoms with E-state index in [0.717, 1.165) is 18.2 Å². The Morgan fingerprint density at radius 3 is 2.28 bits per heavy atom. The molecule has 9 heteroatoms. The van der Waals surface area contributed by atoms with Gasteiger partial charge in [0.2, 0.25) is 5.91 Å². The molecule has 0 unspecified atom stereocenters. The van der Waals surface area contributed by atoms with E-state index in [-0.39, 0.29) is 21.7 Å². The minimum absolute atomic E-state index is 0.111. The fourth-order valence-corrected chi connectivity index (χ4v) is 3.59. The van der Waals surface area contributed by atoms with Crippen molar-refractivity contribution in [3.05, 3.63) is 58.4 Å². The molecule has 2 aromatic carbocycles. The second-order valence-electron chi connectivity index (χ2n) is 5.39. The molecule has 0 radical (unpaired) electrons. The van der Waals surface area contributed by atoms with Crippen LogP contribution in [0.5, 0.6) is 0 Å². The van der Waals surface area contributed by atoms with Gasteiger partial charge < -0.3 is 10.8 Å². The topological polar surface area (TPSA) is 127 Å². The summed E-state index contributed by atoms with van der Waals surface area (Å²) < 4.78 is 41.2. The van der Waals surface area contributed by atoms with Crippen LogP contribution in [-0.2, 0) is 10.0 Å². The normalized spacial score (nSPS) is 11.2. The van der Waals surface area contributed by atoms with Crippen LogP contribution in [0.15, 0.2) is 35.2 Å². The van der Waals surface area contributed by atoms with E-state index in [9.17, 15) is 22.4 Å². The third-order valence-electron chi connectivity index (χ3n) is 3.65. The first kappa shape index (κ1) is 18.4. The first-order valence-electron chi connectivity index (χ1n) is 6.99. The molecule has 0 saturated carbocycles. The van der Waals surface area contributed by atoms with Crippen molar-refractivity contribution >= 4 is 27.6 Å². The predicted octanol–water partition coefficient (Wildman–Crippen LogP) is 2.04. The lowest BCUT2D eigenvalue weighted by molar-refractivity contribution is 0.0696. The van der Waals surface area contributed by atoms with Crippen LogP contribution in [0.25, 0.3) is 0 Å². The van der Waals surface area contributed by atoms with E-state index in [1.165, 1.54) is 19.1 Å². The molecule has 0 heterocycles. The molecule has 0 spiro atoms. The van der Waals surface area contributed by atoms with Gasteiger partial charge in [0.15, 0.2) is 0 Å². The smallest absolute Gasteiger partial charge is 0.335 e. The Labute approximate surface area is 143 Å². The maximum absolute atomic E-state index is 14.0. The summed E-state index contributed by atoms with van der Waals surface area (Å²) in [6.45, 7) is 3.09. The fraction of sp³-hybridized carbons (Fsp3) is 0.125. The van der Waals surface area contributed by atoms with Crippen LogP contribution in [0.3, 0.4) is 0 Å². The third-order valence-corrected chi connectivity index (χ3v) is 5.15. The zero-order valence-corrected chi connectivity index (χ0v) is 14.1. The van der Waals surface area contributed by atoms with Gasteiger partial charge in [-0.05, 0) is 55.3 Å². The number of primary amides is 1. The largest absolute Gasteiger partial charge is 0.478 e. The SMILES string of the molecule is Cc1cc(C(=O)O)cc(S(=O)(=O)Nc2ccc(C(N)=O)cc2F)c1C. The van der Waals surface area contributed by atoms with Gasteiger partial charge in [0.25, 0.3) is 10.0 Å². The number of benzene rings is 2. The molecule has 25 heavy (non-hydrogen) atoms. The van der Waals surface area contributed by atoms with Crippen molar-refractivity contribution in [2.75, 3.05) is 4.72 Å². The molecule has 0 atom stereocenters. The van der Waals surface area contributed by atoms with E-state index in [2.05, 4.69) is 4.72 Å². The number of rotatable bonds is 5. The minimum Gasteiger partial charge on any atom is -0.478 e. The number of carboxylic acid groups (broad SMARTS) is 1. The van der Waals surface area contributed by atoms with Gasteiger partial charge in [0, 0.05) is 5.56 Å². The van der Waals surface area contributed by atoms with Crippen molar-refractivity contribution in [2.24, 2.45) is 5.73 Å². The summed E-state index contributed by atoms with van der Waals surface area (Å²) >= 11 is 0. The fourth-order valence-electron chi connectivity index (χ4n) is 2.18. The number of nitrogens with one attached hydrogen (secondary N) is 1. The van der Waals surface area contributed by atoms with E-state index in [4.69, 9.17) is 10.8 Å². The van der Waals surface area contributed by atoms with Gasteiger partial charge in [-0.25, -0.2) is 17.6 Å². The lowest BCUT2D eigenvalue weighted by Crippen LogP contribution is -2.17. The van der Waals surface area contributed by atoms with Gasteiger partial charge in [0.05, 0.1) is 16.1 Å². The summed E-state index contributed by atoms with van der Waals surface area (Å²) in [5.74, 6) is -3.12. The number of aryl methyl sites for hydroxylation is 1. The second-order valence-corrected chi connectivity index (χ2v) is 7.04. The molecule has 0 bridgehead atoms. The Morgan fingerprint density at radius 1 is 1.12 bits per heavy atom. The summed E-state index contributed by atoms with van der Waals surface area (Å²) in [5, 5.41) is 9.09. The molecule has 0 aromatic heterocycles. The number of sulfonamides is 1. The van der Waals surface area contributed by atoms with Crippen LogP contribution >= 0.6 is 0 Å². The molecule has 132 valence electrons. The molecule has 0 aliphatic rings. The number of halogens is 1. The number of anilines is 1. The van der Waals surface area contributed by atoms with Crippen LogP contribution < -0.4 is 10.5 Å². The first-order chi connectivity index (χ1) is 11.5. The number of nitrogens with two attached hydrogens (primary N) is 1. The van der Waals surface area contributed by atoms with Crippen LogP contribution in [0.2, 0.25) is 0 Å². The van der Waals surface area contributed by atoms with Crippen molar-refractivity contribution in [1.82, 2.24) is 0 Å². The van der Waals surface area contributed by atoms with Gasteiger partial charge >= 0.3 is 5.97 Å². The van der Waals surface area contributed by atoms with Gasteiger partial charge in [-0.2, -0.15) is 0 Å². The molecular formula is C16H15FN2O5S. The zero-order chi connectivity index (χ0) is 18.9. The van der Waals surface area contributed by atoms with E-state index >= 15 is 0 Å². The van der Waals surface area contributed by atoms with Crippen LogP contribution in [0.1, 0.15) is 31.8 Å². The Bertz CT molecular complexity index is 986. The molecule has 0 fully saturated rings. The molecule has 2 rings (SSSR count). The Balaban J connectivity index is 2.50. The van der Waals surface area contributed by atoms with Crippen molar-refractivity contribution in [3.63, 3.8) is 0 Å². The minimum atomic E-state index is -4.25. The highest BCUT2D eigenvalue weighted by Crippen LogP contribution is 2.25. The van der Waals surface area contributed by atoms with Gasteiger partial charge in [0.1, 0.15) is 5.82 Å². The predicted molar refractivity (Wildman–Crippen MR) is 88.6 cm³/mol. The van der Waals surface area contributed by atoms with Crippen molar-refractivity contribution in [3.8, 4) is 0 Å². The maximum Gasteiger partial charge on any atom is 0.335 e. The monoisotopic (exact) mass is 366 g/mol. The summed E-state index contributed by atoms with van der Waals surface area (Å²) in [4.78, 5) is 21.9. The molecule has 4 N–H and O–H groups in total. The number of hydrogen-bond donors (Lipinski definition) is 3. The van der Waals surface area contributed by atoms with Crippen LogP contribution in [0.4, 0.5) is 10.1 Å². The van der Waals surface area contributed by atoms with E-state index in [1.807, 2.05) is 0 Å². The van der Waals surface area contributed by atoms with Crippen molar-refractivity contribution < 1.29 is 27.5 Å². The third kappa shape index (κ3) is 3.77. The second kappa shape index (κ2) is 6.52. The van der Waals surface area contributed by atoms with Crippen LogP contribution in [0, 0.1) is 19.7 Å². The highest BCUT2D eigenvalue weighted by molar-refractivity contribution is 7.92. The maximum atomic E-state index is 14.0. The Morgan fingerprint density at radius 2 is 1.76 bits per heavy atom. The summed E-state index contributed by atoms with van der Waals surface area (Å²) in [7, 11) is -4.25. The zero-order valence-electron chi connectivity index (χ0n) is 13.3. The Hall–Kier alpha value is -2.94. The van der Waals surface area contributed by atoms with Crippen molar-refractivity contribution in [1.29, 1.82) is 0 Å². The average molecular weight is 366 g/mol. The first-order valence-corrected chi connectivity index (χ1v) is 8.48. The number of aromatic carboxylic acids is 1. The summed E-state index contributed by atoms with van der Waals surface area (Å²) in [5.41, 5.74) is 5.14. The lowest BCUT2D eigenvalue weighted by Gasteiger charge is -2.14. The molecule has 2 aromatic rings. The van der Waals surface area contributed by atoms with Gasteiger partial charge in [-0.3, -0.25) is 9.52 Å². The molecule has 0 aliphatic heterocycles. The number of carbonyl (C=O) groups is 2. The molecule has 1 amide bonds. The van der Waals surface area contributed by atoms with Crippen LogP contribution in [-0.4, -0.2) is 25.4 Å². The lowest BCUT2D eigenvalue weighted by atomic mass is 10.1. The Kier molecular flexibility index (Phi) is 4.80. The number of hydrogen-bond acceptors (Lipinski definition) is 4. The van der Waals surface area contributed by atoms with Crippen molar-refractivity contribution in [2.45, 2.75) is 18.7 Å². The standard InChI is InChI=1S/C16H15FN2O5S/c1-8-5-11(16(21)22)7-14(9(8)2)25(23,24)19-13-4-3-10(15(18)20)6-12(13)17/h3-7,19H,1-2H3,(H2,18,20)(H,21,22). The van der Waals surface area contributed by atoms with E-state index in [1.54, 1.807) is 6.92 Å². The number of carbonyl (C=O) groups excluding carboxylic acids is 1. The summed E-state index contributed by atoms with van der Waals surface area (Å²) in [6, 6.07) is 5.40. The van der Waals surface area contributed by atoms with E-state index < -0.39 is 27.7 Å². The number of amides is 1. The molecule has 0 saturated heterocycles. The molecular weight excluding hydrogens is 351 g/mol. The average Bonchev–Trinajstić information content (AvgIpc) is 2.51. The highest BCUT2D eigenvalue weighted by atomic mass is 32.2. The van der Waals surface area contributed by atoms with Gasteiger partial charge in [-0.15, -0.1) is 0 Å². The van der Waals surface area contributed by atoms with E-state index in [0.29, 0.717) is 11.1 Å². The van der Waals surface area contributed by atoms with Gasteiger partial charge in [-0.1, -0.05) is 0 Å².